The summed E-state index contributed by atoms with van der Waals surface area (Å²) in [4.78, 5) is 15.2. The van der Waals surface area contributed by atoms with Crippen LogP contribution in [0, 0.1) is 0 Å². The van der Waals surface area contributed by atoms with Gasteiger partial charge in [-0.15, -0.1) is 0 Å². The lowest BCUT2D eigenvalue weighted by Crippen LogP contribution is -2.36. The summed E-state index contributed by atoms with van der Waals surface area (Å²) in [5.74, 6) is -0.166. The van der Waals surface area contributed by atoms with Crippen LogP contribution in [0.2, 0.25) is 0 Å². The SMILES string of the molecule is O=C1OCC(Sc2ccccc2)N1CC(CO)c1cccc2ccccc12. The van der Waals surface area contributed by atoms with Crippen LogP contribution in [0.5, 0.6) is 0 Å². The van der Waals surface area contributed by atoms with Gasteiger partial charge in [0.2, 0.25) is 0 Å². The number of benzene rings is 3. The van der Waals surface area contributed by atoms with E-state index in [-0.39, 0.29) is 24.0 Å². The third-order valence-electron chi connectivity index (χ3n) is 4.85. The van der Waals surface area contributed by atoms with Crippen molar-refractivity contribution in [2.45, 2.75) is 16.2 Å². The monoisotopic (exact) mass is 379 g/mol. The molecule has 2 atom stereocenters. The Morgan fingerprint density at radius 3 is 2.59 bits per heavy atom. The van der Waals surface area contributed by atoms with Crippen molar-refractivity contribution in [2.75, 3.05) is 19.8 Å². The molecule has 5 heteroatoms. The van der Waals surface area contributed by atoms with Crippen LogP contribution in [0.15, 0.2) is 77.7 Å². The minimum absolute atomic E-state index is 0.0273. The number of rotatable bonds is 6. The Kier molecular flexibility index (Phi) is 5.32. The second-order valence-electron chi connectivity index (χ2n) is 6.56. The van der Waals surface area contributed by atoms with E-state index in [0.29, 0.717) is 13.2 Å². The van der Waals surface area contributed by atoms with E-state index in [4.69, 9.17) is 4.74 Å². The summed E-state index contributed by atoms with van der Waals surface area (Å²) in [7, 11) is 0. The summed E-state index contributed by atoms with van der Waals surface area (Å²) < 4.78 is 5.30. The van der Waals surface area contributed by atoms with Gasteiger partial charge in [0.05, 0.1) is 6.61 Å². The molecule has 4 nitrogen and oxygen atoms in total. The van der Waals surface area contributed by atoms with Gasteiger partial charge in [-0.2, -0.15) is 0 Å². The van der Waals surface area contributed by atoms with Crippen molar-refractivity contribution in [2.24, 2.45) is 0 Å². The van der Waals surface area contributed by atoms with Crippen LogP contribution in [0.4, 0.5) is 4.79 Å². The van der Waals surface area contributed by atoms with Crippen molar-refractivity contribution in [3.8, 4) is 0 Å². The van der Waals surface area contributed by atoms with Gasteiger partial charge in [-0.05, 0) is 28.5 Å². The number of carbonyl (C=O) groups is 1. The molecule has 1 saturated heterocycles. The number of carbonyl (C=O) groups excluding carboxylic acids is 1. The number of ether oxygens (including phenoxy) is 1. The number of hydrogen-bond acceptors (Lipinski definition) is 4. The van der Waals surface area contributed by atoms with Gasteiger partial charge in [0.1, 0.15) is 12.0 Å². The third-order valence-corrected chi connectivity index (χ3v) is 6.05. The molecule has 138 valence electrons. The summed E-state index contributed by atoms with van der Waals surface area (Å²) in [6, 6.07) is 24.2. The van der Waals surface area contributed by atoms with Crippen molar-refractivity contribution in [3.05, 3.63) is 78.4 Å². The van der Waals surface area contributed by atoms with Gasteiger partial charge in [-0.25, -0.2) is 4.79 Å². The molecule has 1 N–H and O–H groups in total. The largest absolute Gasteiger partial charge is 0.446 e. The molecule has 0 aliphatic carbocycles. The molecule has 3 aromatic carbocycles. The third kappa shape index (κ3) is 3.80. The second kappa shape index (κ2) is 8.03. The van der Waals surface area contributed by atoms with E-state index < -0.39 is 0 Å². The van der Waals surface area contributed by atoms with E-state index in [1.165, 1.54) is 0 Å². The Morgan fingerprint density at radius 1 is 1.04 bits per heavy atom. The fourth-order valence-electron chi connectivity index (χ4n) is 3.48. The predicted molar refractivity (Wildman–Crippen MR) is 108 cm³/mol. The molecule has 1 aliphatic rings. The van der Waals surface area contributed by atoms with Crippen LogP contribution in [0.1, 0.15) is 11.5 Å². The molecule has 2 unspecified atom stereocenters. The number of hydrogen-bond donors (Lipinski definition) is 1. The maximum Gasteiger partial charge on any atom is 0.410 e. The molecular formula is C22H21NO3S. The Balaban J connectivity index is 1.58. The molecule has 27 heavy (non-hydrogen) atoms. The Morgan fingerprint density at radius 2 is 1.78 bits per heavy atom. The highest BCUT2D eigenvalue weighted by atomic mass is 32.2. The molecule has 4 rings (SSSR count). The lowest BCUT2D eigenvalue weighted by Gasteiger charge is -2.26. The first-order chi connectivity index (χ1) is 13.3. The summed E-state index contributed by atoms with van der Waals surface area (Å²) in [6.45, 7) is 0.750. The number of thioether (sulfide) groups is 1. The molecule has 1 fully saturated rings. The van der Waals surface area contributed by atoms with E-state index in [0.717, 1.165) is 21.2 Å². The van der Waals surface area contributed by atoms with Crippen molar-refractivity contribution < 1.29 is 14.6 Å². The highest BCUT2D eigenvalue weighted by Gasteiger charge is 2.35. The van der Waals surface area contributed by atoms with E-state index in [1.807, 2.05) is 54.6 Å². The molecule has 3 aromatic rings. The standard InChI is InChI=1S/C22H21NO3S/c24-14-17(20-12-6-8-16-7-4-5-11-19(16)20)13-23-21(15-26-22(23)25)27-18-9-2-1-3-10-18/h1-12,17,21,24H,13-15H2. The summed E-state index contributed by atoms with van der Waals surface area (Å²) in [5, 5.41) is 12.2. The molecule has 0 aromatic heterocycles. The predicted octanol–water partition coefficient (Wildman–Crippen LogP) is 4.49. The smallest absolute Gasteiger partial charge is 0.410 e. The van der Waals surface area contributed by atoms with Gasteiger partial charge < -0.3 is 9.84 Å². The van der Waals surface area contributed by atoms with Crippen LogP contribution >= 0.6 is 11.8 Å². The van der Waals surface area contributed by atoms with Crippen LogP contribution in [0.3, 0.4) is 0 Å². The van der Waals surface area contributed by atoms with E-state index >= 15 is 0 Å². The Hall–Kier alpha value is -2.50. The lowest BCUT2D eigenvalue weighted by molar-refractivity contribution is 0.152. The van der Waals surface area contributed by atoms with Gasteiger partial charge in [0, 0.05) is 17.4 Å². The summed E-state index contributed by atoms with van der Waals surface area (Å²) in [5.41, 5.74) is 1.05. The molecule has 1 amide bonds. The van der Waals surface area contributed by atoms with Crippen LogP contribution in [-0.4, -0.2) is 41.2 Å². The minimum atomic E-state index is -0.317. The van der Waals surface area contributed by atoms with Gasteiger partial charge in [-0.3, -0.25) is 4.90 Å². The molecule has 1 heterocycles. The molecule has 0 saturated carbocycles. The maximum atomic E-state index is 12.3. The van der Waals surface area contributed by atoms with Crippen molar-refractivity contribution >= 4 is 28.6 Å². The zero-order valence-corrected chi connectivity index (χ0v) is 15.6. The fraction of sp³-hybridized carbons (Fsp3) is 0.227. The number of aliphatic hydroxyl groups excluding tert-OH is 1. The van der Waals surface area contributed by atoms with Gasteiger partial charge in [-0.1, -0.05) is 72.4 Å². The van der Waals surface area contributed by atoms with E-state index in [2.05, 4.69) is 18.2 Å². The number of cyclic esters (lactones) is 1. The highest BCUT2D eigenvalue weighted by Crippen LogP contribution is 2.33. The molecule has 1 aliphatic heterocycles. The summed E-state index contributed by atoms with van der Waals surface area (Å²) >= 11 is 1.61. The van der Waals surface area contributed by atoms with Crippen molar-refractivity contribution in [1.29, 1.82) is 0 Å². The van der Waals surface area contributed by atoms with Crippen molar-refractivity contribution in [1.82, 2.24) is 4.90 Å². The minimum Gasteiger partial charge on any atom is -0.446 e. The first-order valence-electron chi connectivity index (χ1n) is 9.00. The zero-order valence-electron chi connectivity index (χ0n) is 14.8. The first kappa shape index (κ1) is 17.9. The topological polar surface area (TPSA) is 49.8 Å². The average molecular weight is 379 g/mol. The maximum absolute atomic E-state index is 12.3. The normalized spacial score (nSPS) is 17.9. The Labute approximate surface area is 162 Å². The molecule has 0 bridgehead atoms. The molecule has 0 radical (unpaired) electrons. The molecular weight excluding hydrogens is 358 g/mol. The zero-order chi connectivity index (χ0) is 18.6. The van der Waals surface area contributed by atoms with E-state index in [1.54, 1.807) is 16.7 Å². The molecule has 0 spiro atoms. The lowest BCUT2D eigenvalue weighted by atomic mass is 9.93. The van der Waals surface area contributed by atoms with Crippen LogP contribution < -0.4 is 0 Å². The second-order valence-corrected chi connectivity index (χ2v) is 7.81. The van der Waals surface area contributed by atoms with Gasteiger partial charge >= 0.3 is 6.09 Å². The highest BCUT2D eigenvalue weighted by molar-refractivity contribution is 8.00. The summed E-state index contributed by atoms with van der Waals surface area (Å²) in [6.07, 6.45) is -0.317. The van der Waals surface area contributed by atoms with Crippen LogP contribution in [0.25, 0.3) is 10.8 Å². The van der Waals surface area contributed by atoms with Crippen LogP contribution in [-0.2, 0) is 4.74 Å². The number of nitrogens with zero attached hydrogens (tertiary/aromatic N) is 1. The quantitative estimate of drug-likeness (QED) is 0.686. The van der Waals surface area contributed by atoms with Gasteiger partial charge in [0.25, 0.3) is 0 Å². The number of aliphatic hydroxyl groups is 1. The number of fused-ring (bicyclic) bond motifs is 1. The van der Waals surface area contributed by atoms with Crippen molar-refractivity contribution in [3.63, 3.8) is 0 Å². The Bertz CT molecular complexity index is 926. The fourth-order valence-corrected chi connectivity index (χ4v) is 4.54. The van der Waals surface area contributed by atoms with Gasteiger partial charge in [0.15, 0.2) is 0 Å². The number of amides is 1. The van der Waals surface area contributed by atoms with E-state index in [9.17, 15) is 9.90 Å². The average Bonchev–Trinajstić information content (AvgIpc) is 3.05. The first-order valence-corrected chi connectivity index (χ1v) is 9.88.